The second kappa shape index (κ2) is 7.04. The second-order valence-electron chi connectivity index (χ2n) is 7.70. The summed E-state index contributed by atoms with van der Waals surface area (Å²) in [5.74, 6) is 0.111. The van der Waals surface area contributed by atoms with Gasteiger partial charge in [-0.25, -0.2) is 4.39 Å². The van der Waals surface area contributed by atoms with Crippen molar-refractivity contribution in [2.45, 2.75) is 50.2 Å². The molecule has 4 nitrogen and oxygen atoms in total. The van der Waals surface area contributed by atoms with Crippen molar-refractivity contribution in [1.29, 1.82) is 0 Å². The van der Waals surface area contributed by atoms with Crippen LogP contribution >= 0.6 is 0 Å². The normalized spacial score (nSPS) is 26.0. The Morgan fingerprint density at radius 1 is 1.24 bits per heavy atom. The standard InChI is InChI=1S/C20H26FNO3/c21-18-4-2-1-3-17(18)19(23)22-10-8-20(9-11-22)13-16(7-12-25-20)24-14-15-5-6-15/h1-4,15-16H,5-14H2. The molecule has 0 N–H and O–H groups in total. The van der Waals surface area contributed by atoms with E-state index in [1.54, 1.807) is 23.1 Å². The lowest BCUT2D eigenvalue weighted by atomic mass is 9.83. The van der Waals surface area contributed by atoms with Crippen LogP contribution in [0.5, 0.6) is 0 Å². The van der Waals surface area contributed by atoms with Crippen molar-refractivity contribution in [3.8, 4) is 0 Å². The average molecular weight is 347 g/mol. The van der Waals surface area contributed by atoms with Crippen LogP contribution in [0.4, 0.5) is 4.39 Å². The molecule has 2 heterocycles. The van der Waals surface area contributed by atoms with E-state index in [-0.39, 0.29) is 23.2 Å². The van der Waals surface area contributed by atoms with Gasteiger partial charge in [0.15, 0.2) is 0 Å². The number of rotatable bonds is 4. The van der Waals surface area contributed by atoms with Gasteiger partial charge >= 0.3 is 0 Å². The quantitative estimate of drug-likeness (QED) is 0.838. The third-order valence-corrected chi connectivity index (χ3v) is 5.78. The van der Waals surface area contributed by atoms with E-state index in [9.17, 15) is 9.18 Å². The first kappa shape index (κ1) is 17.0. The highest BCUT2D eigenvalue weighted by Crippen LogP contribution is 2.37. The Balaban J connectivity index is 1.34. The number of carbonyl (C=O) groups excluding carboxylic acids is 1. The molecule has 1 amide bonds. The van der Waals surface area contributed by atoms with Crippen molar-refractivity contribution in [2.75, 3.05) is 26.3 Å². The number of benzene rings is 1. The van der Waals surface area contributed by atoms with Crippen LogP contribution in [-0.2, 0) is 9.47 Å². The van der Waals surface area contributed by atoms with E-state index < -0.39 is 5.82 Å². The SMILES string of the molecule is O=C(c1ccccc1F)N1CCC2(CC1)CC(OCC1CC1)CCO2. The molecule has 5 heteroatoms. The van der Waals surface area contributed by atoms with Crippen molar-refractivity contribution in [3.63, 3.8) is 0 Å². The molecule has 1 aromatic rings. The van der Waals surface area contributed by atoms with Gasteiger partial charge in [-0.1, -0.05) is 12.1 Å². The Hall–Kier alpha value is -1.46. The van der Waals surface area contributed by atoms with Crippen LogP contribution in [-0.4, -0.2) is 48.8 Å². The number of amides is 1. The van der Waals surface area contributed by atoms with Crippen LogP contribution in [0.3, 0.4) is 0 Å². The molecule has 1 atom stereocenters. The summed E-state index contributed by atoms with van der Waals surface area (Å²) < 4.78 is 26.1. The Bertz CT molecular complexity index is 623. The van der Waals surface area contributed by atoms with Crippen molar-refractivity contribution in [1.82, 2.24) is 4.90 Å². The molecule has 25 heavy (non-hydrogen) atoms. The van der Waals surface area contributed by atoms with Gasteiger partial charge in [0, 0.05) is 32.7 Å². The number of ether oxygens (including phenoxy) is 2. The van der Waals surface area contributed by atoms with Gasteiger partial charge in [-0.2, -0.15) is 0 Å². The van der Waals surface area contributed by atoms with E-state index in [2.05, 4.69) is 0 Å². The molecule has 3 fully saturated rings. The summed E-state index contributed by atoms with van der Waals surface area (Å²) in [5, 5.41) is 0. The van der Waals surface area contributed by atoms with Crippen LogP contribution < -0.4 is 0 Å². The highest BCUT2D eigenvalue weighted by molar-refractivity contribution is 5.94. The van der Waals surface area contributed by atoms with Gasteiger partial charge in [0.1, 0.15) is 5.82 Å². The molecular weight excluding hydrogens is 321 g/mol. The van der Waals surface area contributed by atoms with Crippen LogP contribution in [0, 0.1) is 11.7 Å². The van der Waals surface area contributed by atoms with E-state index in [1.807, 2.05) is 0 Å². The van der Waals surface area contributed by atoms with Gasteiger partial charge in [-0.05, 0) is 50.2 Å². The van der Waals surface area contributed by atoms with Crippen molar-refractivity contribution in [3.05, 3.63) is 35.6 Å². The van der Waals surface area contributed by atoms with Crippen molar-refractivity contribution in [2.24, 2.45) is 5.92 Å². The minimum Gasteiger partial charge on any atom is -0.378 e. The minimum absolute atomic E-state index is 0.161. The fraction of sp³-hybridized carbons (Fsp3) is 0.650. The van der Waals surface area contributed by atoms with Gasteiger partial charge < -0.3 is 14.4 Å². The lowest BCUT2D eigenvalue weighted by Crippen LogP contribution is -2.52. The number of likely N-dealkylation sites (tertiary alicyclic amines) is 1. The number of hydrogen-bond acceptors (Lipinski definition) is 3. The predicted molar refractivity (Wildman–Crippen MR) is 91.9 cm³/mol. The van der Waals surface area contributed by atoms with Gasteiger partial charge in [0.2, 0.25) is 0 Å². The third-order valence-electron chi connectivity index (χ3n) is 5.78. The molecule has 4 rings (SSSR count). The summed E-state index contributed by atoms with van der Waals surface area (Å²) in [4.78, 5) is 14.3. The summed E-state index contributed by atoms with van der Waals surface area (Å²) in [5.41, 5.74) is -0.00738. The van der Waals surface area contributed by atoms with Crippen LogP contribution in [0.2, 0.25) is 0 Å². The van der Waals surface area contributed by atoms with Crippen LogP contribution in [0.1, 0.15) is 48.9 Å². The monoisotopic (exact) mass is 347 g/mol. The molecular formula is C20H26FNO3. The maximum Gasteiger partial charge on any atom is 0.256 e. The maximum absolute atomic E-state index is 13.9. The number of halogens is 1. The predicted octanol–water partition coefficient (Wildman–Crippen LogP) is 3.41. The summed E-state index contributed by atoms with van der Waals surface area (Å²) in [6.07, 6.45) is 6.38. The van der Waals surface area contributed by atoms with Crippen molar-refractivity contribution < 1.29 is 18.7 Å². The molecule has 1 aliphatic carbocycles. The number of piperidine rings is 1. The molecule has 1 spiro atoms. The largest absolute Gasteiger partial charge is 0.378 e. The highest BCUT2D eigenvalue weighted by Gasteiger charge is 2.42. The van der Waals surface area contributed by atoms with E-state index in [4.69, 9.17) is 9.47 Å². The first-order chi connectivity index (χ1) is 12.2. The zero-order chi connectivity index (χ0) is 17.3. The molecule has 3 aliphatic rings. The smallest absolute Gasteiger partial charge is 0.256 e. The maximum atomic E-state index is 13.9. The summed E-state index contributed by atoms with van der Waals surface area (Å²) in [6, 6.07) is 6.20. The fourth-order valence-electron chi connectivity index (χ4n) is 3.95. The Kier molecular flexibility index (Phi) is 4.78. The fourth-order valence-corrected chi connectivity index (χ4v) is 3.95. The zero-order valence-electron chi connectivity index (χ0n) is 14.6. The summed E-state index contributed by atoms with van der Waals surface area (Å²) >= 11 is 0. The zero-order valence-corrected chi connectivity index (χ0v) is 14.6. The van der Waals surface area contributed by atoms with Crippen molar-refractivity contribution >= 4 is 5.91 Å². The molecule has 1 aromatic carbocycles. The molecule has 1 unspecified atom stereocenters. The molecule has 0 aromatic heterocycles. The van der Waals surface area contributed by atoms with E-state index in [1.165, 1.54) is 18.9 Å². The lowest BCUT2D eigenvalue weighted by Gasteiger charge is -2.46. The molecule has 2 aliphatic heterocycles. The molecule has 2 saturated heterocycles. The molecule has 0 radical (unpaired) electrons. The Labute approximate surface area is 148 Å². The topological polar surface area (TPSA) is 38.8 Å². The number of carbonyl (C=O) groups is 1. The van der Waals surface area contributed by atoms with E-state index in [0.29, 0.717) is 13.1 Å². The van der Waals surface area contributed by atoms with E-state index in [0.717, 1.165) is 44.8 Å². The number of hydrogen-bond donors (Lipinski definition) is 0. The van der Waals surface area contributed by atoms with Crippen LogP contribution in [0.15, 0.2) is 24.3 Å². The summed E-state index contributed by atoms with van der Waals surface area (Å²) in [7, 11) is 0. The van der Waals surface area contributed by atoms with E-state index >= 15 is 0 Å². The highest BCUT2D eigenvalue weighted by atomic mass is 19.1. The summed E-state index contributed by atoms with van der Waals surface area (Å²) in [6.45, 7) is 2.85. The first-order valence-corrected chi connectivity index (χ1v) is 9.45. The van der Waals surface area contributed by atoms with Gasteiger partial charge in [0.05, 0.1) is 17.3 Å². The van der Waals surface area contributed by atoms with Crippen LogP contribution in [0.25, 0.3) is 0 Å². The molecule has 136 valence electrons. The Morgan fingerprint density at radius 2 is 2.00 bits per heavy atom. The van der Waals surface area contributed by atoms with Gasteiger partial charge in [-0.3, -0.25) is 4.79 Å². The van der Waals surface area contributed by atoms with Gasteiger partial charge in [-0.15, -0.1) is 0 Å². The lowest BCUT2D eigenvalue weighted by molar-refractivity contribution is -0.153. The van der Waals surface area contributed by atoms with Gasteiger partial charge in [0.25, 0.3) is 5.91 Å². The first-order valence-electron chi connectivity index (χ1n) is 9.45. The Morgan fingerprint density at radius 3 is 2.72 bits per heavy atom. The average Bonchev–Trinajstić information content (AvgIpc) is 3.45. The molecule has 0 bridgehead atoms. The molecule has 1 saturated carbocycles. The minimum atomic E-state index is -0.449. The third kappa shape index (κ3) is 3.87. The number of nitrogens with zero attached hydrogens (tertiary/aromatic N) is 1. The second-order valence-corrected chi connectivity index (χ2v) is 7.70.